The second kappa shape index (κ2) is 5.23. The maximum atomic E-state index is 5.90. The van der Waals surface area contributed by atoms with Crippen LogP contribution < -0.4 is 4.90 Å². The summed E-state index contributed by atoms with van der Waals surface area (Å²) in [4.78, 5) is 2.06. The van der Waals surface area contributed by atoms with Gasteiger partial charge >= 0.3 is 6.01 Å². The Hall–Kier alpha value is -0.810. The summed E-state index contributed by atoms with van der Waals surface area (Å²) in [5.41, 5.74) is 0. The van der Waals surface area contributed by atoms with E-state index in [1.807, 2.05) is 6.92 Å². The first-order valence-corrected chi connectivity index (χ1v) is 6.30. The number of aromatic nitrogens is 2. The first-order valence-electron chi connectivity index (χ1n) is 5.87. The number of methoxy groups -OCH3 is 1. The molecule has 1 aromatic heterocycles. The van der Waals surface area contributed by atoms with Gasteiger partial charge in [-0.1, -0.05) is 12.0 Å². The van der Waals surface area contributed by atoms with Crippen molar-refractivity contribution in [2.75, 3.05) is 25.1 Å². The fourth-order valence-corrected chi connectivity index (χ4v) is 2.12. The van der Waals surface area contributed by atoms with E-state index >= 15 is 0 Å². The molecule has 3 unspecified atom stereocenters. The summed E-state index contributed by atoms with van der Waals surface area (Å²) in [5, 5.41) is 7.70. The molecule has 1 fully saturated rings. The maximum absolute atomic E-state index is 5.90. The summed E-state index contributed by atoms with van der Waals surface area (Å²) in [6, 6.07) is 0.543. The van der Waals surface area contributed by atoms with E-state index in [1.165, 1.54) is 0 Å². The maximum Gasteiger partial charge on any atom is 0.318 e. The second-order valence-corrected chi connectivity index (χ2v) is 5.18. The van der Waals surface area contributed by atoms with Crippen LogP contribution in [0, 0.1) is 5.92 Å². The van der Waals surface area contributed by atoms with E-state index in [-0.39, 0.29) is 11.5 Å². The third kappa shape index (κ3) is 2.72. The van der Waals surface area contributed by atoms with Crippen molar-refractivity contribution in [1.82, 2.24) is 10.2 Å². The largest absolute Gasteiger partial charge is 0.406 e. The SMILES string of the molecule is COC1CN(c2nnc(C(C)Cl)o2)CCC1C. The Kier molecular flexibility index (Phi) is 3.89. The van der Waals surface area contributed by atoms with Crippen molar-refractivity contribution < 1.29 is 9.15 Å². The molecular formula is C11H18ClN3O2. The number of hydrogen-bond acceptors (Lipinski definition) is 5. The molecule has 2 heterocycles. The van der Waals surface area contributed by atoms with Crippen LogP contribution in [0.3, 0.4) is 0 Å². The summed E-state index contributed by atoms with van der Waals surface area (Å²) in [6.45, 7) is 5.72. The standard InChI is InChI=1S/C11H18ClN3O2/c1-7-4-5-15(6-9(7)16-3)11-14-13-10(17-11)8(2)12/h7-9H,4-6H2,1-3H3. The van der Waals surface area contributed by atoms with Crippen LogP contribution >= 0.6 is 11.6 Å². The number of alkyl halides is 1. The summed E-state index contributed by atoms with van der Waals surface area (Å²) in [6.07, 6.45) is 1.28. The van der Waals surface area contributed by atoms with Gasteiger partial charge in [-0.2, -0.15) is 0 Å². The fraction of sp³-hybridized carbons (Fsp3) is 0.818. The Morgan fingerprint density at radius 3 is 2.88 bits per heavy atom. The molecule has 5 nitrogen and oxygen atoms in total. The van der Waals surface area contributed by atoms with E-state index in [4.69, 9.17) is 20.8 Å². The molecule has 1 aromatic rings. The van der Waals surface area contributed by atoms with Crippen molar-refractivity contribution in [3.63, 3.8) is 0 Å². The van der Waals surface area contributed by atoms with Gasteiger partial charge in [0.1, 0.15) is 5.38 Å². The third-order valence-electron chi connectivity index (χ3n) is 3.23. The summed E-state index contributed by atoms with van der Waals surface area (Å²) < 4.78 is 11.0. The van der Waals surface area contributed by atoms with Crippen LogP contribution in [0.15, 0.2) is 4.42 Å². The first kappa shape index (κ1) is 12.6. The number of anilines is 1. The van der Waals surface area contributed by atoms with Crippen molar-refractivity contribution in [3.8, 4) is 0 Å². The van der Waals surface area contributed by atoms with Crippen LogP contribution in [-0.4, -0.2) is 36.5 Å². The van der Waals surface area contributed by atoms with E-state index < -0.39 is 0 Å². The lowest BCUT2D eigenvalue weighted by Crippen LogP contribution is -2.44. The number of hydrogen-bond donors (Lipinski definition) is 0. The monoisotopic (exact) mass is 259 g/mol. The zero-order chi connectivity index (χ0) is 12.4. The average molecular weight is 260 g/mol. The zero-order valence-corrected chi connectivity index (χ0v) is 11.1. The molecule has 0 aliphatic carbocycles. The highest BCUT2D eigenvalue weighted by Crippen LogP contribution is 2.26. The van der Waals surface area contributed by atoms with Crippen molar-refractivity contribution >= 4 is 17.6 Å². The van der Waals surface area contributed by atoms with Crippen LogP contribution in [0.25, 0.3) is 0 Å². The highest BCUT2D eigenvalue weighted by Gasteiger charge is 2.29. The van der Waals surface area contributed by atoms with Crippen molar-refractivity contribution in [1.29, 1.82) is 0 Å². The van der Waals surface area contributed by atoms with E-state index in [9.17, 15) is 0 Å². The number of nitrogens with zero attached hydrogens (tertiary/aromatic N) is 3. The summed E-state index contributed by atoms with van der Waals surface area (Å²) >= 11 is 5.90. The van der Waals surface area contributed by atoms with Crippen LogP contribution in [0.4, 0.5) is 6.01 Å². The molecule has 2 rings (SSSR count). The lowest BCUT2D eigenvalue weighted by molar-refractivity contribution is 0.0485. The quantitative estimate of drug-likeness (QED) is 0.779. The van der Waals surface area contributed by atoms with Crippen molar-refractivity contribution in [2.45, 2.75) is 31.7 Å². The lowest BCUT2D eigenvalue weighted by atomic mass is 9.96. The zero-order valence-electron chi connectivity index (χ0n) is 10.4. The topological polar surface area (TPSA) is 51.4 Å². The molecule has 0 N–H and O–H groups in total. The third-order valence-corrected chi connectivity index (χ3v) is 3.42. The molecule has 0 radical (unpaired) electrons. The van der Waals surface area contributed by atoms with Gasteiger partial charge < -0.3 is 14.1 Å². The van der Waals surface area contributed by atoms with Gasteiger partial charge in [0.05, 0.1) is 6.10 Å². The van der Waals surface area contributed by atoms with Crippen molar-refractivity contribution in [3.05, 3.63) is 5.89 Å². The predicted molar refractivity (Wildman–Crippen MR) is 65.4 cm³/mol. The number of piperidine rings is 1. The van der Waals surface area contributed by atoms with Gasteiger partial charge in [-0.25, -0.2) is 0 Å². The van der Waals surface area contributed by atoms with Gasteiger partial charge in [0, 0.05) is 20.2 Å². The van der Waals surface area contributed by atoms with Crippen LogP contribution in [0.2, 0.25) is 0 Å². The smallest absolute Gasteiger partial charge is 0.318 e. The number of halogens is 1. The molecule has 1 saturated heterocycles. The first-order chi connectivity index (χ1) is 8.11. The Morgan fingerprint density at radius 2 is 2.29 bits per heavy atom. The molecule has 0 aromatic carbocycles. The Balaban J connectivity index is 2.06. The van der Waals surface area contributed by atoms with Gasteiger partial charge in [-0.15, -0.1) is 16.7 Å². The average Bonchev–Trinajstić information content (AvgIpc) is 2.79. The molecule has 0 bridgehead atoms. The highest BCUT2D eigenvalue weighted by atomic mass is 35.5. The van der Waals surface area contributed by atoms with Gasteiger partial charge in [0.15, 0.2) is 0 Å². The van der Waals surface area contributed by atoms with Gasteiger partial charge in [0.25, 0.3) is 0 Å². The normalized spacial score (nSPS) is 27.2. The summed E-state index contributed by atoms with van der Waals surface area (Å²) in [7, 11) is 1.74. The second-order valence-electron chi connectivity index (χ2n) is 4.53. The molecule has 1 aliphatic rings. The molecule has 0 saturated carbocycles. The van der Waals surface area contributed by atoms with Gasteiger partial charge in [-0.3, -0.25) is 0 Å². The van der Waals surface area contributed by atoms with Gasteiger partial charge in [-0.05, 0) is 19.3 Å². The van der Waals surface area contributed by atoms with Gasteiger partial charge in [0.2, 0.25) is 5.89 Å². The van der Waals surface area contributed by atoms with E-state index in [1.54, 1.807) is 7.11 Å². The predicted octanol–water partition coefficient (Wildman–Crippen LogP) is 2.23. The Labute approximate surface area is 106 Å². The minimum absolute atomic E-state index is 0.215. The van der Waals surface area contributed by atoms with Crippen LogP contribution in [-0.2, 0) is 4.74 Å². The molecular weight excluding hydrogens is 242 g/mol. The van der Waals surface area contributed by atoms with Crippen molar-refractivity contribution in [2.24, 2.45) is 5.92 Å². The minimum Gasteiger partial charge on any atom is -0.406 e. The summed E-state index contributed by atoms with van der Waals surface area (Å²) in [5.74, 6) is 1.03. The van der Waals surface area contributed by atoms with E-state index in [2.05, 4.69) is 22.0 Å². The minimum atomic E-state index is -0.252. The van der Waals surface area contributed by atoms with Crippen LogP contribution in [0.5, 0.6) is 0 Å². The number of rotatable bonds is 3. The van der Waals surface area contributed by atoms with Crippen LogP contribution in [0.1, 0.15) is 31.5 Å². The highest BCUT2D eigenvalue weighted by molar-refractivity contribution is 6.20. The lowest BCUT2D eigenvalue weighted by Gasteiger charge is -2.34. The van der Waals surface area contributed by atoms with E-state index in [0.717, 1.165) is 19.5 Å². The Morgan fingerprint density at radius 1 is 1.53 bits per heavy atom. The molecule has 17 heavy (non-hydrogen) atoms. The molecule has 0 spiro atoms. The molecule has 96 valence electrons. The molecule has 6 heteroatoms. The molecule has 0 amide bonds. The van der Waals surface area contributed by atoms with E-state index in [0.29, 0.717) is 17.8 Å². The molecule has 1 aliphatic heterocycles. The molecule has 3 atom stereocenters. The fourth-order valence-electron chi connectivity index (χ4n) is 2.03. The Bertz CT molecular complexity index is 369. The number of ether oxygens (including phenoxy) is 1.